The Kier molecular flexibility index (Phi) is 16.2. The van der Waals surface area contributed by atoms with E-state index in [0.717, 1.165) is 25.2 Å². The summed E-state index contributed by atoms with van der Waals surface area (Å²) in [5, 5.41) is 18.4. The van der Waals surface area contributed by atoms with Gasteiger partial charge in [0.1, 0.15) is 6.04 Å². The Morgan fingerprint density at radius 3 is 2.03 bits per heavy atom. The minimum absolute atomic E-state index is 0.0579. The minimum atomic E-state index is -1.20. The second-order valence-electron chi connectivity index (χ2n) is 9.03. The zero-order valence-corrected chi connectivity index (χ0v) is 20.7. The van der Waals surface area contributed by atoms with Crippen LogP contribution in [-0.2, 0) is 14.4 Å². The second kappa shape index (κ2) is 17.0. The third-order valence-electron chi connectivity index (χ3n) is 5.76. The molecule has 0 aromatic carbocycles. The number of hydrogen-bond acceptors (Lipinski definition) is 7. The number of carbonyl (C=O) groups excluding carboxylic acids is 3. The number of aliphatic hydroxyl groups excluding tert-OH is 1. The lowest BCUT2D eigenvalue weighted by Crippen LogP contribution is -2.60. The third kappa shape index (κ3) is 11.9. The van der Waals surface area contributed by atoms with Crippen molar-refractivity contribution in [3.63, 3.8) is 0 Å². The highest BCUT2D eigenvalue weighted by molar-refractivity contribution is 5.94. The molecule has 0 saturated carbocycles. The number of carbonyl (C=O) groups is 3. The monoisotopic (exact) mass is 457 g/mol. The van der Waals surface area contributed by atoms with Crippen LogP contribution in [0.5, 0.6) is 0 Å². The molecule has 5 atom stereocenters. The van der Waals surface area contributed by atoms with Crippen LogP contribution >= 0.6 is 0 Å². The number of nitrogens with two attached hydrogens (primary N) is 2. The van der Waals surface area contributed by atoms with Crippen molar-refractivity contribution in [3.8, 4) is 0 Å². The van der Waals surface area contributed by atoms with Gasteiger partial charge in [-0.1, -0.05) is 53.4 Å². The molecular weight excluding hydrogens is 410 g/mol. The first-order valence-electron chi connectivity index (χ1n) is 12.0. The first kappa shape index (κ1) is 30.4. The number of unbranched alkanes of at least 4 members (excludes halogenated alkanes) is 2. The van der Waals surface area contributed by atoms with E-state index in [2.05, 4.69) is 29.8 Å². The summed E-state index contributed by atoms with van der Waals surface area (Å²) in [6, 6.07) is -2.63. The van der Waals surface area contributed by atoms with Gasteiger partial charge in [-0.05, 0) is 38.8 Å². The van der Waals surface area contributed by atoms with Crippen molar-refractivity contribution in [1.82, 2.24) is 16.0 Å². The van der Waals surface area contributed by atoms with Crippen LogP contribution in [0.3, 0.4) is 0 Å². The molecule has 188 valence electrons. The highest BCUT2D eigenvalue weighted by atomic mass is 16.3. The fraction of sp³-hybridized carbons (Fsp3) is 0.870. The maximum Gasteiger partial charge on any atom is 0.245 e. The SMILES string of the molecule is CC[C@H](C)CCCCCN[C@@H](CCN)C(=O)N[C@H](C(=O)N[C@@H](CN)C(=O)C(C)C)[C@H](C)O. The van der Waals surface area contributed by atoms with Gasteiger partial charge >= 0.3 is 0 Å². The highest BCUT2D eigenvalue weighted by Gasteiger charge is 2.31. The van der Waals surface area contributed by atoms with E-state index >= 15 is 0 Å². The van der Waals surface area contributed by atoms with E-state index in [9.17, 15) is 19.5 Å². The smallest absolute Gasteiger partial charge is 0.245 e. The first-order valence-corrected chi connectivity index (χ1v) is 12.0. The van der Waals surface area contributed by atoms with Crippen LogP contribution in [0.15, 0.2) is 0 Å². The molecular formula is C23H47N5O4. The molecule has 9 heteroatoms. The molecule has 32 heavy (non-hydrogen) atoms. The van der Waals surface area contributed by atoms with Gasteiger partial charge in [0.25, 0.3) is 0 Å². The summed E-state index contributed by atoms with van der Waals surface area (Å²) in [7, 11) is 0. The summed E-state index contributed by atoms with van der Waals surface area (Å²) in [5.41, 5.74) is 11.3. The molecule has 0 aliphatic heterocycles. The zero-order chi connectivity index (χ0) is 24.7. The summed E-state index contributed by atoms with van der Waals surface area (Å²) >= 11 is 0. The second-order valence-corrected chi connectivity index (χ2v) is 9.03. The van der Waals surface area contributed by atoms with Gasteiger partial charge in [0.2, 0.25) is 11.8 Å². The maximum atomic E-state index is 12.8. The van der Waals surface area contributed by atoms with Crippen molar-refractivity contribution < 1.29 is 19.5 Å². The Hall–Kier alpha value is -1.55. The first-order chi connectivity index (χ1) is 15.1. The number of amides is 2. The fourth-order valence-electron chi connectivity index (χ4n) is 3.34. The van der Waals surface area contributed by atoms with E-state index in [-0.39, 0.29) is 18.2 Å². The predicted octanol–water partition coefficient (Wildman–Crippen LogP) is 0.434. The Morgan fingerprint density at radius 1 is 0.875 bits per heavy atom. The maximum absolute atomic E-state index is 12.8. The zero-order valence-electron chi connectivity index (χ0n) is 20.7. The summed E-state index contributed by atoms with van der Waals surface area (Å²) in [6.45, 7) is 10.2. The molecule has 0 fully saturated rings. The van der Waals surface area contributed by atoms with E-state index in [1.807, 2.05) is 0 Å². The summed E-state index contributed by atoms with van der Waals surface area (Å²) < 4.78 is 0. The number of hydrogen-bond donors (Lipinski definition) is 6. The van der Waals surface area contributed by atoms with Crippen molar-refractivity contribution in [2.45, 2.75) is 97.4 Å². The van der Waals surface area contributed by atoms with E-state index in [1.165, 1.54) is 19.8 Å². The number of ketones is 1. The summed E-state index contributed by atoms with van der Waals surface area (Å²) in [6.07, 6.45) is 4.84. The molecule has 0 aliphatic carbocycles. The van der Waals surface area contributed by atoms with Gasteiger partial charge in [0, 0.05) is 12.5 Å². The van der Waals surface area contributed by atoms with Crippen LogP contribution in [0.25, 0.3) is 0 Å². The quantitative estimate of drug-likeness (QED) is 0.163. The molecule has 0 aromatic rings. The average molecular weight is 458 g/mol. The van der Waals surface area contributed by atoms with Crippen molar-refractivity contribution >= 4 is 17.6 Å². The number of rotatable bonds is 18. The molecule has 0 saturated heterocycles. The van der Waals surface area contributed by atoms with E-state index < -0.39 is 36.0 Å². The van der Waals surface area contributed by atoms with Crippen molar-refractivity contribution in [3.05, 3.63) is 0 Å². The lowest BCUT2D eigenvalue weighted by Gasteiger charge is -2.26. The van der Waals surface area contributed by atoms with E-state index in [1.54, 1.807) is 13.8 Å². The number of nitrogens with one attached hydrogen (secondary N) is 3. The van der Waals surface area contributed by atoms with E-state index in [0.29, 0.717) is 19.5 Å². The molecule has 0 unspecified atom stereocenters. The Labute approximate surface area is 193 Å². The number of Topliss-reactive ketones (excluding diaryl/α,β-unsaturated/α-hetero) is 1. The molecule has 9 nitrogen and oxygen atoms in total. The molecule has 0 rings (SSSR count). The highest BCUT2D eigenvalue weighted by Crippen LogP contribution is 2.12. The van der Waals surface area contributed by atoms with Crippen molar-refractivity contribution in [2.75, 3.05) is 19.6 Å². The lowest BCUT2D eigenvalue weighted by molar-refractivity contribution is -0.135. The predicted molar refractivity (Wildman–Crippen MR) is 128 cm³/mol. The van der Waals surface area contributed by atoms with Gasteiger partial charge in [-0.25, -0.2) is 0 Å². The Morgan fingerprint density at radius 2 is 1.53 bits per heavy atom. The van der Waals surface area contributed by atoms with E-state index in [4.69, 9.17) is 11.5 Å². The molecule has 0 heterocycles. The Balaban J connectivity index is 4.84. The molecule has 0 aliphatic rings. The van der Waals surface area contributed by atoms with Crippen molar-refractivity contribution in [1.29, 1.82) is 0 Å². The van der Waals surface area contributed by atoms with Crippen LogP contribution in [-0.4, -0.2) is 66.6 Å². The number of aliphatic hydroxyl groups is 1. The average Bonchev–Trinajstić information content (AvgIpc) is 2.75. The molecule has 0 bridgehead atoms. The normalized spacial score (nSPS) is 16.2. The van der Waals surface area contributed by atoms with Crippen LogP contribution in [0.1, 0.15) is 73.1 Å². The fourth-order valence-corrected chi connectivity index (χ4v) is 3.34. The molecule has 2 amide bonds. The standard InChI is InChI=1S/C23H47N5O4/c1-6-16(4)10-8-7-9-13-26-18(11-12-24)22(31)28-20(17(5)29)23(32)27-19(14-25)21(30)15(2)3/h15-20,26,29H,6-14,24-25H2,1-5H3,(H,27,32)(H,28,31)/t16-,17-,18-,19-,20-/m0/s1. The Bertz CT molecular complexity index is 557. The summed E-state index contributed by atoms with van der Waals surface area (Å²) in [5.74, 6) is -0.818. The van der Waals surface area contributed by atoms with Gasteiger partial charge in [-0.2, -0.15) is 0 Å². The molecule has 0 radical (unpaired) electrons. The van der Waals surface area contributed by atoms with Crippen LogP contribution in [0, 0.1) is 11.8 Å². The van der Waals surface area contributed by atoms with Crippen LogP contribution in [0.4, 0.5) is 0 Å². The third-order valence-corrected chi connectivity index (χ3v) is 5.76. The topological polar surface area (TPSA) is 160 Å². The van der Waals surface area contributed by atoms with Gasteiger partial charge in [0.05, 0.1) is 18.2 Å². The largest absolute Gasteiger partial charge is 0.391 e. The lowest BCUT2D eigenvalue weighted by atomic mass is 10.0. The molecule has 8 N–H and O–H groups in total. The van der Waals surface area contributed by atoms with Gasteiger partial charge in [0.15, 0.2) is 5.78 Å². The van der Waals surface area contributed by atoms with Crippen LogP contribution < -0.4 is 27.4 Å². The van der Waals surface area contributed by atoms with Crippen LogP contribution in [0.2, 0.25) is 0 Å². The van der Waals surface area contributed by atoms with Gasteiger partial charge < -0.3 is 32.5 Å². The summed E-state index contributed by atoms with van der Waals surface area (Å²) in [4.78, 5) is 37.7. The molecule has 0 spiro atoms. The van der Waals surface area contributed by atoms with Crippen molar-refractivity contribution in [2.24, 2.45) is 23.3 Å². The minimum Gasteiger partial charge on any atom is -0.391 e. The molecule has 0 aromatic heterocycles. The van der Waals surface area contributed by atoms with Gasteiger partial charge in [-0.15, -0.1) is 0 Å². The van der Waals surface area contributed by atoms with Gasteiger partial charge in [-0.3, -0.25) is 14.4 Å².